The Bertz CT molecular complexity index is 286. The Hall–Kier alpha value is -1.72. The summed E-state index contributed by atoms with van der Waals surface area (Å²) in [6.07, 6.45) is -0.181. The summed E-state index contributed by atoms with van der Waals surface area (Å²) in [6, 6.07) is 0. The van der Waals surface area contributed by atoms with Crippen LogP contribution in [0.4, 0.5) is 0 Å². The summed E-state index contributed by atoms with van der Waals surface area (Å²) in [6.45, 7) is 0. The predicted molar refractivity (Wildman–Crippen MR) is 43.0 cm³/mol. The third-order valence-corrected chi connectivity index (χ3v) is 1.40. The average Bonchev–Trinajstić information content (AvgIpc) is 2.45. The van der Waals surface area contributed by atoms with Gasteiger partial charge in [-0.1, -0.05) is 0 Å². The maximum absolute atomic E-state index is 10.3. The summed E-state index contributed by atoms with van der Waals surface area (Å²) in [5, 5.41) is 8.47. The summed E-state index contributed by atoms with van der Waals surface area (Å²) in [4.78, 5) is 16.9. The average molecular weight is 186 g/mol. The van der Waals surface area contributed by atoms with E-state index in [0.717, 1.165) is 0 Å². The molecule has 0 aliphatic rings. The Kier molecular flexibility index (Phi) is 2.73. The van der Waals surface area contributed by atoms with E-state index >= 15 is 0 Å². The standard InChI is InChI=1S/C7H10N2O4/c1-12-6-7(13-2)9-4(8-6)3-5(10)11/h3H2,1-2H3,(H,8,9)(H,10,11). The van der Waals surface area contributed by atoms with Crippen molar-refractivity contribution in [1.29, 1.82) is 0 Å². The number of aromatic nitrogens is 2. The topological polar surface area (TPSA) is 84.4 Å². The van der Waals surface area contributed by atoms with Gasteiger partial charge in [-0.2, -0.15) is 4.98 Å². The number of carbonyl (C=O) groups is 1. The van der Waals surface area contributed by atoms with Gasteiger partial charge in [-0.25, -0.2) is 0 Å². The van der Waals surface area contributed by atoms with Crippen molar-refractivity contribution in [2.75, 3.05) is 14.2 Å². The molecule has 0 aromatic carbocycles. The lowest BCUT2D eigenvalue weighted by molar-refractivity contribution is -0.136. The highest BCUT2D eigenvalue weighted by Crippen LogP contribution is 2.22. The normalized spacial score (nSPS) is 9.69. The second kappa shape index (κ2) is 3.79. The van der Waals surface area contributed by atoms with Crippen LogP contribution in [0.1, 0.15) is 5.82 Å². The molecule has 2 N–H and O–H groups in total. The highest BCUT2D eigenvalue weighted by molar-refractivity contribution is 5.69. The summed E-state index contributed by atoms with van der Waals surface area (Å²) in [5.74, 6) is -0.0576. The van der Waals surface area contributed by atoms with Crippen LogP contribution in [0.3, 0.4) is 0 Å². The zero-order valence-electron chi connectivity index (χ0n) is 7.33. The summed E-state index contributed by atoms with van der Waals surface area (Å²) in [7, 11) is 2.88. The molecule has 0 aliphatic heterocycles. The maximum Gasteiger partial charge on any atom is 0.311 e. The molecule has 1 aromatic heterocycles. The van der Waals surface area contributed by atoms with Crippen LogP contribution in [0, 0.1) is 0 Å². The Morgan fingerprint density at radius 3 is 2.62 bits per heavy atom. The van der Waals surface area contributed by atoms with E-state index in [1.807, 2.05) is 0 Å². The minimum absolute atomic E-state index is 0.181. The highest BCUT2D eigenvalue weighted by atomic mass is 16.5. The van der Waals surface area contributed by atoms with Crippen molar-refractivity contribution < 1.29 is 19.4 Å². The molecule has 1 aromatic rings. The van der Waals surface area contributed by atoms with E-state index in [-0.39, 0.29) is 12.3 Å². The van der Waals surface area contributed by atoms with Crippen molar-refractivity contribution in [3.63, 3.8) is 0 Å². The lowest BCUT2D eigenvalue weighted by atomic mass is 10.4. The van der Waals surface area contributed by atoms with Crippen molar-refractivity contribution >= 4 is 5.97 Å². The molecule has 0 saturated heterocycles. The number of ether oxygens (including phenoxy) is 2. The van der Waals surface area contributed by atoms with Gasteiger partial charge in [0.25, 0.3) is 11.8 Å². The number of aliphatic carboxylic acids is 1. The van der Waals surface area contributed by atoms with E-state index in [1.165, 1.54) is 14.2 Å². The van der Waals surface area contributed by atoms with Gasteiger partial charge in [0.1, 0.15) is 12.2 Å². The highest BCUT2D eigenvalue weighted by Gasteiger charge is 2.12. The van der Waals surface area contributed by atoms with Gasteiger partial charge in [0.05, 0.1) is 14.2 Å². The Labute approximate surface area is 74.5 Å². The smallest absolute Gasteiger partial charge is 0.311 e. The fourth-order valence-electron chi connectivity index (χ4n) is 0.889. The van der Waals surface area contributed by atoms with E-state index in [2.05, 4.69) is 9.97 Å². The van der Waals surface area contributed by atoms with Gasteiger partial charge in [-0.3, -0.25) is 4.79 Å². The number of hydrogen-bond donors (Lipinski definition) is 2. The SMILES string of the molecule is COc1nc(CC(=O)O)[nH]c1OC. The van der Waals surface area contributed by atoms with Crippen LogP contribution in [0.25, 0.3) is 0 Å². The lowest BCUT2D eigenvalue weighted by Crippen LogP contribution is -2.01. The maximum atomic E-state index is 10.3. The molecule has 0 bridgehead atoms. The molecule has 0 unspecified atom stereocenters. The van der Waals surface area contributed by atoms with Gasteiger partial charge in [0.2, 0.25) is 0 Å². The van der Waals surface area contributed by atoms with Crippen molar-refractivity contribution in [3.05, 3.63) is 5.82 Å². The first-order valence-corrected chi connectivity index (χ1v) is 3.56. The molecule has 0 amide bonds. The number of nitrogens with zero attached hydrogens (tertiary/aromatic N) is 1. The molecule has 0 spiro atoms. The zero-order valence-corrected chi connectivity index (χ0v) is 7.33. The molecule has 6 nitrogen and oxygen atoms in total. The van der Waals surface area contributed by atoms with E-state index in [1.54, 1.807) is 0 Å². The van der Waals surface area contributed by atoms with E-state index in [0.29, 0.717) is 11.7 Å². The van der Waals surface area contributed by atoms with Crippen molar-refractivity contribution in [3.8, 4) is 11.8 Å². The van der Waals surface area contributed by atoms with Crippen molar-refractivity contribution in [1.82, 2.24) is 9.97 Å². The van der Waals surface area contributed by atoms with E-state index < -0.39 is 5.97 Å². The quantitative estimate of drug-likeness (QED) is 0.694. The number of H-pyrrole nitrogens is 1. The molecular formula is C7H10N2O4. The van der Waals surface area contributed by atoms with Gasteiger partial charge in [-0.15, -0.1) is 0 Å². The Balaban J connectivity index is 2.86. The van der Waals surface area contributed by atoms with Crippen LogP contribution in [0.2, 0.25) is 0 Å². The molecule has 72 valence electrons. The van der Waals surface area contributed by atoms with Crippen LogP contribution in [0.15, 0.2) is 0 Å². The molecule has 6 heteroatoms. The van der Waals surface area contributed by atoms with Crippen molar-refractivity contribution in [2.45, 2.75) is 6.42 Å². The molecule has 1 rings (SSSR count). The second-order valence-electron chi connectivity index (χ2n) is 2.30. The predicted octanol–water partition coefficient (Wildman–Crippen LogP) is 0.0540. The number of hydrogen-bond acceptors (Lipinski definition) is 4. The Morgan fingerprint density at radius 1 is 1.54 bits per heavy atom. The largest absolute Gasteiger partial charge is 0.481 e. The molecule has 0 fully saturated rings. The number of rotatable bonds is 4. The first-order valence-electron chi connectivity index (χ1n) is 3.56. The third-order valence-electron chi connectivity index (χ3n) is 1.40. The number of aromatic amines is 1. The van der Waals surface area contributed by atoms with Crippen LogP contribution < -0.4 is 9.47 Å². The van der Waals surface area contributed by atoms with Crippen molar-refractivity contribution in [2.24, 2.45) is 0 Å². The molecule has 0 radical (unpaired) electrons. The first kappa shape index (κ1) is 9.37. The fourth-order valence-corrected chi connectivity index (χ4v) is 0.889. The minimum atomic E-state index is -0.959. The Morgan fingerprint density at radius 2 is 2.23 bits per heavy atom. The minimum Gasteiger partial charge on any atom is -0.481 e. The molecule has 1 heterocycles. The van der Waals surface area contributed by atoms with Gasteiger partial charge >= 0.3 is 5.97 Å². The molecule has 13 heavy (non-hydrogen) atoms. The number of methoxy groups -OCH3 is 2. The fraction of sp³-hybridized carbons (Fsp3) is 0.429. The van der Waals surface area contributed by atoms with Crippen LogP contribution >= 0.6 is 0 Å². The monoisotopic (exact) mass is 186 g/mol. The van der Waals surface area contributed by atoms with Gasteiger partial charge < -0.3 is 19.6 Å². The molecule has 0 atom stereocenters. The molecule has 0 saturated carbocycles. The van der Waals surface area contributed by atoms with Crippen LogP contribution in [0.5, 0.6) is 11.8 Å². The number of carboxylic acid groups (broad SMARTS) is 1. The summed E-state index contributed by atoms with van der Waals surface area (Å²) < 4.78 is 9.70. The van der Waals surface area contributed by atoms with Gasteiger partial charge in [-0.05, 0) is 0 Å². The third kappa shape index (κ3) is 2.11. The number of imidazole rings is 1. The first-order chi connectivity index (χ1) is 6.17. The summed E-state index contributed by atoms with van der Waals surface area (Å²) >= 11 is 0. The molecular weight excluding hydrogens is 176 g/mol. The number of carboxylic acids is 1. The second-order valence-corrected chi connectivity index (χ2v) is 2.30. The van der Waals surface area contributed by atoms with Crippen LogP contribution in [-0.4, -0.2) is 35.3 Å². The zero-order chi connectivity index (χ0) is 9.84. The summed E-state index contributed by atoms with van der Waals surface area (Å²) in [5.41, 5.74) is 0. The molecule has 0 aliphatic carbocycles. The van der Waals surface area contributed by atoms with Gasteiger partial charge in [0, 0.05) is 0 Å². The van der Waals surface area contributed by atoms with E-state index in [4.69, 9.17) is 14.6 Å². The van der Waals surface area contributed by atoms with E-state index in [9.17, 15) is 4.79 Å². The van der Waals surface area contributed by atoms with Crippen LogP contribution in [-0.2, 0) is 11.2 Å². The number of nitrogens with one attached hydrogen (secondary N) is 1. The lowest BCUT2D eigenvalue weighted by Gasteiger charge is -1.96. The van der Waals surface area contributed by atoms with Gasteiger partial charge in [0.15, 0.2) is 0 Å².